The van der Waals surface area contributed by atoms with Crippen LogP contribution in [0.2, 0.25) is 0 Å². The van der Waals surface area contributed by atoms with Crippen LogP contribution >= 0.6 is 0 Å². The van der Waals surface area contributed by atoms with Gasteiger partial charge in [-0.25, -0.2) is 0 Å². The molecule has 0 aromatic heterocycles. The summed E-state index contributed by atoms with van der Waals surface area (Å²) in [7, 11) is 2.35. The van der Waals surface area contributed by atoms with Crippen molar-refractivity contribution in [2.75, 3.05) is 26.7 Å². The van der Waals surface area contributed by atoms with Crippen LogP contribution in [0, 0.1) is 5.92 Å². The maximum Gasteiger partial charge on any atom is 0.0867 e. The van der Waals surface area contributed by atoms with E-state index in [-0.39, 0.29) is 0 Å². The van der Waals surface area contributed by atoms with Crippen LogP contribution in [-0.2, 0) is 0 Å². The lowest BCUT2D eigenvalue weighted by atomic mass is 9.94. The number of hydrogen-bond acceptors (Lipinski definition) is 0. The highest BCUT2D eigenvalue weighted by molar-refractivity contribution is 4.64. The Hall–Kier alpha value is -0.0400. The molecule has 0 atom stereocenters. The Morgan fingerprint density at radius 1 is 1.33 bits per heavy atom. The van der Waals surface area contributed by atoms with Gasteiger partial charge in [-0.2, -0.15) is 0 Å². The number of likely N-dealkylation sites (tertiary alicyclic amines) is 1. The van der Waals surface area contributed by atoms with Gasteiger partial charge in [-0.1, -0.05) is 6.92 Å². The highest BCUT2D eigenvalue weighted by atomic mass is 15.4. The van der Waals surface area contributed by atoms with Gasteiger partial charge in [0.05, 0.1) is 32.6 Å². The SMILES string of the molecule is CCC1C[N+](C)(CC)C1. The monoisotopic (exact) mass is 128 g/mol. The minimum atomic E-state index is 1.04. The van der Waals surface area contributed by atoms with Crippen LogP contribution in [0.5, 0.6) is 0 Å². The zero-order valence-electron chi connectivity index (χ0n) is 6.85. The molecule has 0 unspecified atom stereocenters. The third-order valence-electron chi connectivity index (χ3n) is 2.74. The summed E-state index contributed by atoms with van der Waals surface area (Å²) in [4.78, 5) is 0. The summed E-state index contributed by atoms with van der Waals surface area (Å²) in [6.07, 6.45) is 1.38. The molecule has 0 N–H and O–H groups in total. The molecule has 1 aliphatic heterocycles. The number of nitrogens with zero attached hydrogens (tertiary/aromatic N) is 1. The molecule has 1 aliphatic rings. The third kappa shape index (κ3) is 1.26. The van der Waals surface area contributed by atoms with E-state index in [4.69, 9.17) is 0 Å². The molecule has 0 aliphatic carbocycles. The van der Waals surface area contributed by atoms with Crippen LogP contribution in [-0.4, -0.2) is 31.2 Å². The normalized spacial score (nSPS) is 42.3. The summed E-state index contributed by atoms with van der Waals surface area (Å²) >= 11 is 0. The lowest BCUT2D eigenvalue weighted by Gasteiger charge is -2.46. The van der Waals surface area contributed by atoms with Crippen molar-refractivity contribution < 1.29 is 4.48 Å². The minimum absolute atomic E-state index is 1.04. The van der Waals surface area contributed by atoms with Crippen LogP contribution < -0.4 is 0 Å². The Balaban J connectivity index is 2.24. The lowest BCUT2D eigenvalue weighted by molar-refractivity contribution is -0.955. The van der Waals surface area contributed by atoms with Gasteiger partial charge in [0, 0.05) is 0 Å². The summed E-state index contributed by atoms with van der Waals surface area (Å²) in [6, 6.07) is 0. The summed E-state index contributed by atoms with van der Waals surface area (Å²) in [6.45, 7) is 8.74. The van der Waals surface area contributed by atoms with E-state index >= 15 is 0 Å². The molecule has 0 aromatic rings. The molecular weight excluding hydrogens is 110 g/mol. The number of quaternary nitrogens is 1. The van der Waals surface area contributed by atoms with Gasteiger partial charge in [0.25, 0.3) is 0 Å². The summed E-state index contributed by atoms with van der Waals surface area (Å²) in [5.41, 5.74) is 0. The van der Waals surface area contributed by atoms with Crippen molar-refractivity contribution in [3.63, 3.8) is 0 Å². The molecule has 0 amide bonds. The Morgan fingerprint density at radius 3 is 2.22 bits per heavy atom. The predicted molar refractivity (Wildman–Crippen MR) is 40.2 cm³/mol. The molecule has 1 rings (SSSR count). The highest BCUT2D eigenvalue weighted by Crippen LogP contribution is 2.24. The van der Waals surface area contributed by atoms with E-state index in [0.717, 1.165) is 5.92 Å². The maximum absolute atomic E-state index is 2.35. The van der Waals surface area contributed by atoms with Crippen LogP contribution in [0.4, 0.5) is 0 Å². The van der Waals surface area contributed by atoms with Crippen LogP contribution in [0.1, 0.15) is 20.3 Å². The Bertz CT molecular complexity index is 92.7. The average Bonchev–Trinajstić information content (AvgIpc) is 1.81. The fourth-order valence-corrected chi connectivity index (χ4v) is 1.71. The largest absolute Gasteiger partial charge is 0.325 e. The van der Waals surface area contributed by atoms with Gasteiger partial charge in [-0.05, 0) is 13.3 Å². The first-order chi connectivity index (χ1) is 4.20. The third-order valence-corrected chi connectivity index (χ3v) is 2.74. The maximum atomic E-state index is 2.35. The predicted octanol–water partition coefficient (Wildman–Crippen LogP) is 1.49. The molecule has 0 radical (unpaired) electrons. The highest BCUT2D eigenvalue weighted by Gasteiger charge is 2.37. The van der Waals surface area contributed by atoms with Gasteiger partial charge < -0.3 is 4.48 Å². The molecule has 0 aromatic carbocycles. The Labute approximate surface area is 58.3 Å². The number of rotatable bonds is 2. The van der Waals surface area contributed by atoms with Crippen molar-refractivity contribution in [3.8, 4) is 0 Å². The van der Waals surface area contributed by atoms with Crippen molar-refractivity contribution >= 4 is 0 Å². The first kappa shape index (κ1) is 7.07. The van der Waals surface area contributed by atoms with E-state index in [1.54, 1.807) is 0 Å². The summed E-state index contributed by atoms with van der Waals surface area (Å²) in [5, 5.41) is 0. The molecule has 1 heterocycles. The van der Waals surface area contributed by atoms with Crippen molar-refractivity contribution in [1.29, 1.82) is 0 Å². The van der Waals surface area contributed by atoms with Gasteiger partial charge >= 0.3 is 0 Å². The topological polar surface area (TPSA) is 0 Å². The zero-order valence-corrected chi connectivity index (χ0v) is 6.85. The van der Waals surface area contributed by atoms with E-state index in [1.165, 1.54) is 30.5 Å². The number of hydrogen-bond donors (Lipinski definition) is 0. The fraction of sp³-hybridized carbons (Fsp3) is 1.00. The van der Waals surface area contributed by atoms with Gasteiger partial charge in [0.1, 0.15) is 0 Å². The Morgan fingerprint density at radius 2 is 1.89 bits per heavy atom. The first-order valence-electron chi connectivity index (χ1n) is 4.03. The van der Waals surface area contributed by atoms with E-state index < -0.39 is 0 Å². The van der Waals surface area contributed by atoms with Crippen molar-refractivity contribution in [3.05, 3.63) is 0 Å². The van der Waals surface area contributed by atoms with Gasteiger partial charge in [0.2, 0.25) is 0 Å². The lowest BCUT2D eigenvalue weighted by Crippen LogP contribution is -2.60. The Kier molecular flexibility index (Phi) is 1.80. The second kappa shape index (κ2) is 2.30. The van der Waals surface area contributed by atoms with E-state index in [0.29, 0.717) is 0 Å². The van der Waals surface area contributed by atoms with E-state index in [9.17, 15) is 0 Å². The fourth-order valence-electron chi connectivity index (χ4n) is 1.71. The van der Waals surface area contributed by atoms with E-state index in [2.05, 4.69) is 20.9 Å². The molecule has 0 saturated carbocycles. The second-order valence-electron chi connectivity index (χ2n) is 3.58. The molecule has 1 nitrogen and oxygen atoms in total. The summed E-state index contributed by atoms with van der Waals surface area (Å²) in [5.74, 6) is 1.04. The van der Waals surface area contributed by atoms with Crippen molar-refractivity contribution in [2.45, 2.75) is 20.3 Å². The summed E-state index contributed by atoms with van der Waals surface area (Å²) < 4.78 is 1.32. The molecule has 9 heavy (non-hydrogen) atoms. The minimum Gasteiger partial charge on any atom is -0.325 e. The standard InChI is InChI=1S/C8H18N/c1-4-8-6-9(3,5-2)7-8/h8H,4-7H2,1-3H3/q+1. The smallest absolute Gasteiger partial charge is 0.0867 e. The van der Waals surface area contributed by atoms with E-state index in [1.807, 2.05) is 0 Å². The van der Waals surface area contributed by atoms with Crippen LogP contribution in [0.25, 0.3) is 0 Å². The molecule has 54 valence electrons. The molecule has 1 fully saturated rings. The van der Waals surface area contributed by atoms with Crippen LogP contribution in [0.3, 0.4) is 0 Å². The van der Waals surface area contributed by atoms with Crippen molar-refractivity contribution in [1.82, 2.24) is 0 Å². The quantitative estimate of drug-likeness (QED) is 0.494. The molecule has 0 bridgehead atoms. The van der Waals surface area contributed by atoms with Crippen LogP contribution in [0.15, 0.2) is 0 Å². The molecule has 0 spiro atoms. The first-order valence-corrected chi connectivity index (χ1v) is 4.03. The van der Waals surface area contributed by atoms with Gasteiger partial charge in [-0.3, -0.25) is 0 Å². The molecule has 1 heteroatoms. The average molecular weight is 128 g/mol. The molecule has 1 saturated heterocycles. The van der Waals surface area contributed by atoms with Gasteiger partial charge in [0.15, 0.2) is 0 Å². The molecular formula is C8H18N+. The second-order valence-corrected chi connectivity index (χ2v) is 3.58. The van der Waals surface area contributed by atoms with Crippen molar-refractivity contribution in [2.24, 2.45) is 5.92 Å². The van der Waals surface area contributed by atoms with Gasteiger partial charge in [-0.15, -0.1) is 0 Å². The zero-order chi connectivity index (χ0) is 6.91.